The van der Waals surface area contributed by atoms with E-state index in [1.165, 1.54) is 13.2 Å². The average Bonchev–Trinajstić information content (AvgIpc) is 2.50. The molecule has 0 aliphatic carbocycles. The minimum absolute atomic E-state index is 0.0506. The van der Waals surface area contributed by atoms with Crippen molar-refractivity contribution in [2.45, 2.75) is 18.6 Å². The Morgan fingerprint density at radius 3 is 2.90 bits per heavy atom. The first-order valence-electron chi connectivity index (χ1n) is 6.74. The fourth-order valence-electron chi connectivity index (χ4n) is 2.41. The first kappa shape index (κ1) is 15.9. The molecule has 1 aliphatic rings. The summed E-state index contributed by atoms with van der Waals surface area (Å²) in [5, 5.41) is 6.57. The highest BCUT2D eigenvalue weighted by molar-refractivity contribution is 6.33. The molecule has 1 aliphatic heterocycles. The van der Waals surface area contributed by atoms with Crippen LogP contribution in [0.3, 0.4) is 0 Å². The maximum Gasteiger partial charge on any atom is 0.255 e. The van der Waals surface area contributed by atoms with E-state index in [1.807, 2.05) is 0 Å². The summed E-state index contributed by atoms with van der Waals surface area (Å²) in [6.07, 6.45) is 0.744. The van der Waals surface area contributed by atoms with Crippen LogP contribution >= 0.6 is 11.6 Å². The molecule has 1 fully saturated rings. The molecule has 1 aromatic rings. The second-order valence-corrected chi connectivity index (χ2v) is 5.33. The fourth-order valence-corrected chi connectivity index (χ4v) is 2.56. The van der Waals surface area contributed by atoms with E-state index >= 15 is 0 Å². The SMILES string of the molecule is COc1cc(Cl)c(N)cc1C(=O)N[C@H]1CCNC[C@H]1OC. The molecular weight excluding hydrogens is 294 g/mol. The zero-order chi connectivity index (χ0) is 15.4. The monoisotopic (exact) mass is 313 g/mol. The van der Waals surface area contributed by atoms with E-state index in [4.69, 9.17) is 26.8 Å². The maximum absolute atomic E-state index is 12.5. The highest BCUT2D eigenvalue weighted by atomic mass is 35.5. The van der Waals surface area contributed by atoms with Crippen LogP contribution in [0.5, 0.6) is 5.75 Å². The summed E-state index contributed by atoms with van der Waals surface area (Å²) in [4.78, 5) is 12.5. The normalized spacial score (nSPS) is 21.9. The number of nitrogen functional groups attached to an aromatic ring is 1. The summed E-state index contributed by atoms with van der Waals surface area (Å²) in [5.41, 5.74) is 6.48. The van der Waals surface area contributed by atoms with Gasteiger partial charge in [0.25, 0.3) is 5.91 Å². The zero-order valence-corrected chi connectivity index (χ0v) is 12.9. The molecule has 0 aromatic heterocycles. The van der Waals surface area contributed by atoms with Gasteiger partial charge in [-0.3, -0.25) is 4.79 Å². The van der Waals surface area contributed by atoms with Crippen molar-refractivity contribution in [3.8, 4) is 5.75 Å². The molecule has 0 unspecified atom stereocenters. The zero-order valence-electron chi connectivity index (χ0n) is 12.1. The fraction of sp³-hybridized carbons (Fsp3) is 0.500. The molecule has 4 N–H and O–H groups in total. The van der Waals surface area contributed by atoms with Crippen molar-refractivity contribution in [1.82, 2.24) is 10.6 Å². The molecule has 1 amide bonds. The van der Waals surface area contributed by atoms with Gasteiger partial charge in [0.1, 0.15) is 5.75 Å². The maximum atomic E-state index is 12.5. The molecule has 1 saturated heterocycles. The largest absolute Gasteiger partial charge is 0.496 e. The topological polar surface area (TPSA) is 85.6 Å². The quantitative estimate of drug-likeness (QED) is 0.723. The number of hydrogen-bond acceptors (Lipinski definition) is 5. The van der Waals surface area contributed by atoms with Gasteiger partial charge in [0.2, 0.25) is 0 Å². The Kier molecular flexibility index (Phi) is 5.27. The molecule has 1 heterocycles. The predicted molar refractivity (Wildman–Crippen MR) is 82.0 cm³/mol. The number of carbonyl (C=O) groups excluding carboxylic acids is 1. The van der Waals surface area contributed by atoms with Crippen molar-refractivity contribution in [2.75, 3.05) is 33.0 Å². The lowest BCUT2D eigenvalue weighted by Gasteiger charge is -2.31. The van der Waals surface area contributed by atoms with Crippen LogP contribution in [0.2, 0.25) is 5.02 Å². The number of nitrogens with two attached hydrogens (primary N) is 1. The van der Waals surface area contributed by atoms with Gasteiger partial charge in [-0.2, -0.15) is 0 Å². The van der Waals surface area contributed by atoms with Gasteiger partial charge in [0, 0.05) is 19.7 Å². The molecule has 7 heteroatoms. The van der Waals surface area contributed by atoms with Gasteiger partial charge in [-0.15, -0.1) is 0 Å². The minimum Gasteiger partial charge on any atom is -0.496 e. The number of methoxy groups -OCH3 is 2. The first-order chi connectivity index (χ1) is 10.1. The Morgan fingerprint density at radius 2 is 2.24 bits per heavy atom. The molecule has 0 bridgehead atoms. The molecule has 0 radical (unpaired) electrons. The van der Waals surface area contributed by atoms with Crippen molar-refractivity contribution in [2.24, 2.45) is 0 Å². The number of piperidine rings is 1. The van der Waals surface area contributed by atoms with Crippen LogP contribution in [-0.4, -0.2) is 45.4 Å². The van der Waals surface area contributed by atoms with Gasteiger partial charge in [-0.05, 0) is 19.0 Å². The van der Waals surface area contributed by atoms with E-state index < -0.39 is 0 Å². The first-order valence-corrected chi connectivity index (χ1v) is 7.12. The van der Waals surface area contributed by atoms with Crippen LogP contribution in [0.25, 0.3) is 0 Å². The number of ether oxygens (including phenoxy) is 2. The Labute approximate surface area is 128 Å². The molecule has 0 saturated carbocycles. The number of nitrogens with one attached hydrogen (secondary N) is 2. The lowest BCUT2D eigenvalue weighted by atomic mass is 10.0. The Hall–Kier alpha value is -1.50. The molecular formula is C14H20ClN3O3. The number of amides is 1. The Balaban J connectivity index is 2.18. The van der Waals surface area contributed by atoms with E-state index in [2.05, 4.69) is 10.6 Å². The molecule has 2 rings (SSSR count). The summed E-state index contributed by atoms with van der Waals surface area (Å²) in [6.45, 7) is 1.55. The minimum atomic E-state index is -0.246. The Morgan fingerprint density at radius 1 is 1.48 bits per heavy atom. The van der Waals surface area contributed by atoms with Gasteiger partial charge in [-0.25, -0.2) is 0 Å². The number of carbonyl (C=O) groups is 1. The van der Waals surface area contributed by atoms with Crippen LogP contribution < -0.4 is 21.1 Å². The average molecular weight is 314 g/mol. The molecule has 116 valence electrons. The number of benzene rings is 1. The van der Waals surface area contributed by atoms with Gasteiger partial charge in [-0.1, -0.05) is 11.6 Å². The van der Waals surface area contributed by atoms with Crippen molar-refractivity contribution in [3.63, 3.8) is 0 Å². The van der Waals surface area contributed by atoms with Crippen molar-refractivity contribution < 1.29 is 14.3 Å². The standard InChI is InChI=1S/C14H20ClN3O3/c1-20-12-6-9(15)10(16)5-8(12)14(19)18-11-3-4-17-7-13(11)21-2/h5-6,11,13,17H,3-4,7,16H2,1-2H3,(H,18,19)/t11-,13+/m0/s1. The van der Waals surface area contributed by atoms with E-state index in [0.717, 1.165) is 13.0 Å². The van der Waals surface area contributed by atoms with Gasteiger partial charge in [0.05, 0.1) is 35.5 Å². The number of hydrogen-bond donors (Lipinski definition) is 3. The van der Waals surface area contributed by atoms with Gasteiger partial charge < -0.3 is 25.8 Å². The summed E-state index contributed by atoms with van der Waals surface area (Å²) in [6, 6.07) is 3.02. The van der Waals surface area contributed by atoms with E-state index in [9.17, 15) is 4.79 Å². The highest BCUT2D eigenvalue weighted by Gasteiger charge is 2.27. The number of rotatable bonds is 4. The van der Waals surface area contributed by atoms with Crippen molar-refractivity contribution >= 4 is 23.2 Å². The van der Waals surface area contributed by atoms with E-state index in [1.54, 1.807) is 13.2 Å². The molecule has 6 nitrogen and oxygen atoms in total. The molecule has 2 atom stereocenters. The van der Waals surface area contributed by atoms with Crippen LogP contribution in [-0.2, 0) is 4.74 Å². The Bertz CT molecular complexity index is 524. The molecule has 0 spiro atoms. The second kappa shape index (κ2) is 6.98. The number of anilines is 1. The summed E-state index contributed by atoms with van der Waals surface area (Å²) in [5.74, 6) is 0.152. The summed E-state index contributed by atoms with van der Waals surface area (Å²) >= 11 is 5.94. The van der Waals surface area contributed by atoms with Crippen LogP contribution in [0, 0.1) is 0 Å². The second-order valence-electron chi connectivity index (χ2n) is 4.92. The molecule has 21 heavy (non-hydrogen) atoms. The van der Waals surface area contributed by atoms with Gasteiger partial charge >= 0.3 is 0 Å². The predicted octanol–water partition coefficient (Wildman–Crippen LogP) is 1.04. The third kappa shape index (κ3) is 3.58. The van der Waals surface area contributed by atoms with Crippen LogP contribution in [0.1, 0.15) is 16.8 Å². The van der Waals surface area contributed by atoms with Crippen LogP contribution in [0.15, 0.2) is 12.1 Å². The number of halogens is 1. The van der Waals surface area contributed by atoms with Crippen molar-refractivity contribution in [3.05, 3.63) is 22.7 Å². The van der Waals surface area contributed by atoms with Crippen molar-refractivity contribution in [1.29, 1.82) is 0 Å². The highest BCUT2D eigenvalue weighted by Crippen LogP contribution is 2.29. The summed E-state index contributed by atoms with van der Waals surface area (Å²) < 4.78 is 10.6. The molecule has 1 aromatic carbocycles. The van der Waals surface area contributed by atoms with Gasteiger partial charge in [0.15, 0.2) is 0 Å². The lowest BCUT2D eigenvalue weighted by Crippen LogP contribution is -2.53. The van der Waals surface area contributed by atoms with E-state index in [-0.39, 0.29) is 18.1 Å². The smallest absolute Gasteiger partial charge is 0.255 e. The lowest BCUT2D eigenvalue weighted by molar-refractivity contribution is 0.0476. The van der Waals surface area contributed by atoms with Crippen LogP contribution in [0.4, 0.5) is 5.69 Å². The third-order valence-electron chi connectivity index (χ3n) is 3.61. The third-order valence-corrected chi connectivity index (χ3v) is 3.94. The van der Waals surface area contributed by atoms with E-state index in [0.29, 0.717) is 28.6 Å². The summed E-state index contributed by atoms with van der Waals surface area (Å²) in [7, 11) is 3.12.